The number of ether oxygens (including phenoxy) is 1. The quantitative estimate of drug-likeness (QED) is 0.913. The largest absolute Gasteiger partial charge is 0.439 e. The average Bonchev–Trinajstić information content (AvgIpc) is 2.41. The molecule has 2 rings (SSSR count). The van der Waals surface area contributed by atoms with E-state index in [2.05, 4.69) is 4.98 Å². The van der Waals surface area contributed by atoms with Gasteiger partial charge in [-0.1, -0.05) is 13.8 Å². The smallest absolute Gasteiger partial charge is 0.219 e. The Morgan fingerprint density at radius 3 is 2.47 bits per heavy atom. The van der Waals surface area contributed by atoms with Crippen LogP contribution in [0.5, 0.6) is 11.6 Å². The van der Waals surface area contributed by atoms with Crippen LogP contribution in [0.25, 0.3) is 0 Å². The number of nitrogens with zero attached hydrogens (tertiary/aromatic N) is 1. The fraction of sp³-hybridized carbons (Fsp3) is 0.267. The molecular formula is C15H16FNO2. The van der Waals surface area contributed by atoms with E-state index in [1.165, 1.54) is 24.3 Å². The zero-order chi connectivity index (χ0) is 13.8. The molecule has 3 nitrogen and oxygen atoms in total. The van der Waals surface area contributed by atoms with Crippen LogP contribution >= 0.6 is 0 Å². The molecule has 0 aliphatic rings. The molecule has 1 N–H and O–H groups in total. The first-order valence-electron chi connectivity index (χ1n) is 6.13. The SMILES string of the molecule is CC(C)c1cc(CO)cc(Oc2ccc(F)cc2)n1. The molecule has 0 bridgehead atoms. The van der Waals surface area contributed by atoms with Crippen molar-refractivity contribution < 1.29 is 14.2 Å². The molecule has 0 aliphatic heterocycles. The molecule has 0 saturated carbocycles. The van der Waals surface area contributed by atoms with Gasteiger partial charge in [-0.25, -0.2) is 9.37 Å². The monoisotopic (exact) mass is 261 g/mol. The summed E-state index contributed by atoms with van der Waals surface area (Å²) in [6.45, 7) is 3.97. The lowest BCUT2D eigenvalue weighted by Crippen LogP contribution is -1.98. The number of pyridine rings is 1. The van der Waals surface area contributed by atoms with Gasteiger partial charge in [-0.05, 0) is 41.8 Å². The summed E-state index contributed by atoms with van der Waals surface area (Å²) in [6.07, 6.45) is 0. The summed E-state index contributed by atoms with van der Waals surface area (Å²) < 4.78 is 18.4. The molecule has 2 aromatic rings. The van der Waals surface area contributed by atoms with E-state index in [4.69, 9.17) is 4.74 Å². The van der Waals surface area contributed by atoms with Gasteiger partial charge in [0, 0.05) is 11.8 Å². The summed E-state index contributed by atoms with van der Waals surface area (Å²) in [7, 11) is 0. The van der Waals surface area contributed by atoms with Gasteiger partial charge in [-0.15, -0.1) is 0 Å². The van der Waals surface area contributed by atoms with Gasteiger partial charge in [0.1, 0.15) is 11.6 Å². The van der Waals surface area contributed by atoms with Crippen LogP contribution < -0.4 is 4.74 Å². The van der Waals surface area contributed by atoms with Crippen molar-refractivity contribution >= 4 is 0 Å². The van der Waals surface area contributed by atoms with E-state index in [1.54, 1.807) is 6.07 Å². The van der Waals surface area contributed by atoms with Crippen molar-refractivity contribution in [2.24, 2.45) is 0 Å². The molecule has 19 heavy (non-hydrogen) atoms. The number of aliphatic hydroxyl groups is 1. The number of hydrogen-bond donors (Lipinski definition) is 1. The maximum atomic E-state index is 12.8. The Morgan fingerprint density at radius 1 is 1.21 bits per heavy atom. The van der Waals surface area contributed by atoms with E-state index >= 15 is 0 Å². The summed E-state index contributed by atoms with van der Waals surface area (Å²) >= 11 is 0. The first-order valence-corrected chi connectivity index (χ1v) is 6.13. The number of aromatic nitrogens is 1. The third kappa shape index (κ3) is 3.51. The van der Waals surface area contributed by atoms with Crippen LogP contribution in [0.15, 0.2) is 36.4 Å². The normalized spacial score (nSPS) is 10.8. The second kappa shape index (κ2) is 5.80. The standard InChI is InChI=1S/C15H16FNO2/c1-10(2)14-7-11(9-18)8-15(17-14)19-13-5-3-12(16)4-6-13/h3-8,10,18H,9H2,1-2H3. The van der Waals surface area contributed by atoms with Crippen LogP contribution in [0.1, 0.15) is 31.0 Å². The minimum atomic E-state index is -0.313. The lowest BCUT2D eigenvalue weighted by molar-refractivity contribution is 0.280. The molecule has 4 heteroatoms. The Balaban J connectivity index is 2.28. The van der Waals surface area contributed by atoms with Crippen molar-refractivity contribution in [2.75, 3.05) is 0 Å². The number of hydrogen-bond acceptors (Lipinski definition) is 3. The topological polar surface area (TPSA) is 42.4 Å². The molecule has 1 aromatic heterocycles. The Bertz CT molecular complexity index is 553. The third-order valence-electron chi connectivity index (χ3n) is 2.69. The van der Waals surface area contributed by atoms with Gasteiger partial charge < -0.3 is 9.84 Å². The van der Waals surface area contributed by atoms with Crippen molar-refractivity contribution in [3.05, 3.63) is 53.5 Å². The molecule has 1 aromatic carbocycles. The molecule has 0 unspecified atom stereocenters. The van der Waals surface area contributed by atoms with Crippen LogP contribution in [0, 0.1) is 5.82 Å². The van der Waals surface area contributed by atoms with Gasteiger partial charge in [0.25, 0.3) is 0 Å². The summed E-state index contributed by atoms with van der Waals surface area (Å²) in [5, 5.41) is 9.24. The van der Waals surface area contributed by atoms with Crippen molar-refractivity contribution in [3.63, 3.8) is 0 Å². The van der Waals surface area contributed by atoms with Crippen LogP contribution in [0.3, 0.4) is 0 Å². The predicted octanol–water partition coefficient (Wildman–Crippen LogP) is 3.63. The van der Waals surface area contributed by atoms with E-state index in [1.807, 2.05) is 19.9 Å². The van der Waals surface area contributed by atoms with Gasteiger partial charge in [-0.3, -0.25) is 0 Å². The maximum Gasteiger partial charge on any atom is 0.219 e. The number of halogens is 1. The highest BCUT2D eigenvalue weighted by atomic mass is 19.1. The molecule has 0 fully saturated rings. The lowest BCUT2D eigenvalue weighted by Gasteiger charge is -2.11. The Hall–Kier alpha value is -1.94. The maximum absolute atomic E-state index is 12.8. The van der Waals surface area contributed by atoms with E-state index in [0.717, 1.165) is 11.3 Å². The zero-order valence-corrected chi connectivity index (χ0v) is 10.9. The van der Waals surface area contributed by atoms with Gasteiger partial charge in [-0.2, -0.15) is 0 Å². The van der Waals surface area contributed by atoms with Crippen LogP contribution in [0.2, 0.25) is 0 Å². The highest BCUT2D eigenvalue weighted by molar-refractivity contribution is 5.31. The molecular weight excluding hydrogens is 245 g/mol. The number of rotatable bonds is 4. The Morgan fingerprint density at radius 2 is 1.89 bits per heavy atom. The molecule has 0 amide bonds. The van der Waals surface area contributed by atoms with E-state index in [0.29, 0.717) is 11.6 Å². The highest BCUT2D eigenvalue weighted by Crippen LogP contribution is 2.24. The lowest BCUT2D eigenvalue weighted by atomic mass is 10.1. The van der Waals surface area contributed by atoms with Gasteiger partial charge in [0.2, 0.25) is 5.88 Å². The number of aliphatic hydroxyl groups excluding tert-OH is 1. The van der Waals surface area contributed by atoms with E-state index < -0.39 is 0 Å². The summed E-state index contributed by atoms with van der Waals surface area (Å²) in [4.78, 5) is 4.37. The first kappa shape index (κ1) is 13.5. The number of benzene rings is 1. The zero-order valence-electron chi connectivity index (χ0n) is 10.9. The van der Waals surface area contributed by atoms with Gasteiger partial charge >= 0.3 is 0 Å². The first-order chi connectivity index (χ1) is 9.08. The molecule has 0 saturated heterocycles. The van der Waals surface area contributed by atoms with Crippen LogP contribution in [-0.4, -0.2) is 10.1 Å². The summed E-state index contributed by atoms with van der Waals surface area (Å²) in [6, 6.07) is 9.26. The van der Waals surface area contributed by atoms with Crippen LogP contribution in [-0.2, 0) is 6.61 Å². The molecule has 0 radical (unpaired) electrons. The molecule has 1 heterocycles. The fourth-order valence-corrected chi connectivity index (χ4v) is 1.64. The highest BCUT2D eigenvalue weighted by Gasteiger charge is 2.07. The van der Waals surface area contributed by atoms with Gasteiger partial charge in [0.15, 0.2) is 0 Å². The molecule has 100 valence electrons. The molecule has 0 atom stereocenters. The fourth-order valence-electron chi connectivity index (χ4n) is 1.64. The minimum Gasteiger partial charge on any atom is -0.439 e. The molecule has 0 aliphatic carbocycles. The van der Waals surface area contributed by atoms with Crippen molar-refractivity contribution in [2.45, 2.75) is 26.4 Å². The second-order valence-electron chi connectivity index (χ2n) is 4.61. The van der Waals surface area contributed by atoms with Gasteiger partial charge in [0.05, 0.1) is 6.61 Å². The summed E-state index contributed by atoms with van der Waals surface area (Å²) in [5.74, 6) is 0.843. The minimum absolute atomic E-state index is 0.0674. The van der Waals surface area contributed by atoms with Crippen molar-refractivity contribution in [1.29, 1.82) is 0 Å². The van der Waals surface area contributed by atoms with E-state index in [9.17, 15) is 9.50 Å². The Kier molecular flexibility index (Phi) is 4.12. The third-order valence-corrected chi connectivity index (χ3v) is 2.69. The van der Waals surface area contributed by atoms with Crippen molar-refractivity contribution in [1.82, 2.24) is 4.98 Å². The second-order valence-corrected chi connectivity index (χ2v) is 4.61. The predicted molar refractivity (Wildman–Crippen MR) is 70.7 cm³/mol. The van der Waals surface area contributed by atoms with Crippen molar-refractivity contribution in [3.8, 4) is 11.6 Å². The summed E-state index contributed by atoms with van der Waals surface area (Å²) in [5.41, 5.74) is 1.60. The Labute approximate surface area is 111 Å². The molecule has 0 spiro atoms. The average molecular weight is 261 g/mol. The van der Waals surface area contributed by atoms with E-state index in [-0.39, 0.29) is 18.3 Å². The van der Waals surface area contributed by atoms with Crippen LogP contribution in [0.4, 0.5) is 4.39 Å².